The van der Waals surface area contributed by atoms with Gasteiger partial charge < -0.3 is 9.13 Å². The lowest BCUT2D eigenvalue weighted by atomic mass is 9.93. The van der Waals surface area contributed by atoms with Gasteiger partial charge in [-0.15, -0.1) is 22.7 Å². The highest BCUT2D eigenvalue weighted by molar-refractivity contribution is 7.27. The Morgan fingerprint density at radius 1 is 0.160 bits per heavy atom. The molecule has 0 aliphatic carbocycles. The Bertz CT molecular complexity index is 5800. The highest BCUT2D eigenvalue weighted by atomic mass is 32.1. The first-order valence-electron chi connectivity index (χ1n) is 32.2. The fourth-order valence-electron chi connectivity index (χ4n) is 14.9. The van der Waals surface area contributed by atoms with Crippen molar-refractivity contribution in [1.29, 1.82) is 0 Å². The van der Waals surface area contributed by atoms with E-state index in [9.17, 15) is 0 Å². The molecule has 0 radical (unpaired) electrons. The molecule has 0 aliphatic rings. The molecule has 19 rings (SSSR count). The molecular weight excluding hydrogens is 1170 g/mol. The fourth-order valence-corrected chi connectivity index (χ4v) is 17.5. The van der Waals surface area contributed by atoms with Gasteiger partial charge in [0.15, 0.2) is 0 Å². The minimum Gasteiger partial charge on any atom is -0.309 e. The Labute approximate surface area is 552 Å². The topological polar surface area (TPSA) is 9.86 Å². The summed E-state index contributed by atoms with van der Waals surface area (Å²) >= 11 is 3.83. The van der Waals surface area contributed by atoms with Crippen LogP contribution >= 0.6 is 22.7 Å². The van der Waals surface area contributed by atoms with E-state index in [1.807, 2.05) is 22.7 Å². The van der Waals surface area contributed by atoms with Gasteiger partial charge in [0.1, 0.15) is 0 Å². The molecule has 0 aliphatic heterocycles. The third-order valence-electron chi connectivity index (χ3n) is 19.3. The van der Waals surface area contributed by atoms with Gasteiger partial charge in [-0.2, -0.15) is 0 Å². The zero-order valence-electron chi connectivity index (χ0n) is 51.0. The molecule has 0 N–H and O–H groups in total. The van der Waals surface area contributed by atoms with Crippen molar-refractivity contribution in [2.75, 3.05) is 0 Å². The van der Waals surface area contributed by atoms with Crippen molar-refractivity contribution in [3.05, 3.63) is 340 Å². The molecule has 0 spiro atoms. The van der Waals surface area contributed by atoms with Gasteiger partial charge in [0, 0.05) is 95.5 Å². The average Bonchev–Trinajstić information content (AvgIpc) is 1.58. The van der Waals surface area contributed by atoms with Crippen molar-refractivity contribution in [2.45, 2.75) is 0 Å². The van der Waals surface area contributed by atoms with Crippen LogP contribution in [0.4, 0.5) is 0 Å². The molecule has 15 aromatic carbocycles. The van der Waals surface area contributed by atoms with Crippen LogP contribution in [-0.2, 0) is 0 Å². The van der Waals surface area contributed by atoms with E-state index in [0.29, 0.717) is 0 Å². The Kier molecular flexibility index (Phi) is 12.7. The van der Waals surface area contributed by atoms with Crippen LogP contribution in [0.1, 0.15) is 0 Å². The summed E-state index contributed by atoms with van der Waals surface area (Å²) in [5.41, 5.74) is 26.4. The lowest BCUT2D eigenvalue weighted by Gasteiger charge is -2.13. The summed E-state index contributed by atoms with van der Waals surface area (Å²) in [5.74, 6) is 0. The van der Waals surface area contributed by atoms with Crippen LogP contribution in [0, 0.1) is 0 Å². The van der Waals surface area contributed by atoms with Gasteiger partial charge >= 0.3 is 0 Å². The Morgan fingerprint density at radius 2 is 0.426 bits per heavy atom. The van der Waals surface area contributed by atoms with Gasteiger partial charge in [-0.1, -0.05) is 237 Å². The smallest absolute Gasteiger partial charge is 0.0541 e. The zero-order chi connectivity index (χ0) is 61.8. The van der Waals surface area contributed by atoms with Crippen molar-refractivity contribution in [1.82, 2.24) is 9.13 Å². The summed E-state index contributed by atoms with van der Waals surface area (Å²) in [4.78, 5) is 0. The minimum atomic E-state index is 1.11. The van der Waals surface area contributed by atoms with E-state index in [0.717, 1.165) is 22.4 Å². The second-order valence-corrected chi connectivity index (χ2v) is 26.7. The maximum absolute atomic E-state index is 2.47. The van der Waals surface area contributed by atoms with Crippen LogP contribution in [-0.4, -0.2) is 9.13 Å². The predicted octanol–water partition coefficient (Wildman–Crippen LogP) is 26.0. The second-order valence-electron chi connectivity index (χ2n) is 24.7. The number of hydrogen-bond donors (Lipinski definition) is 0. The first-order valence-corrected chi connectivity index (χ1v) is 33.8. The first kappa shape index (κ1) is 54.1. The van der Waals surface area contributed by atoms with Crippen LogP contribution in [0.25, 0.3) is 184 Å². The van der Waals surface area contributed by atoms with Crippen LogP contribution in [0.2, 0.25) is 0 Å². The summed E-state index contributed by atoms with van der Waals surface area (Å²) in [7, 11) is 0. The third kappa shape index (κ3) is 8.90. The summed E-state index contributed by atoms with van der Waals surface area (Å²) in [6.07, 6.45) is 0. The molecule has 0 unspecified atom stereocenters. The second kappa shape index (κ2) is 22.0. The molecule has 0 bridgehead atoms. The average molecular weight is 1230 g/mol. The SMILES string of the molecule is c1ccc(-c2cc(-c3ccccc3)c3sc4c(-c5ccc6c(c5)c5ccccc5n6-c5cccc(-n6c7ccccc7c7cc(-c8cc(-c9ccccc9)cc9c8sc8c(-c%10ccccc%10)cc(-c%10ccccc%10)cc89)ccc76)c5)cc(-c5ccccc5)cc4c3c2)cc1. The van der Waals surface area contributed by atoms with Crippen LogP contribution in [0.15, 0.2) is 340 Å². The molecule has 438 valence electrons. The summed E-state index contributed by atoms with van der Waals surface area (Å²) < 4.78 is 10.1. The number of thiophene rings is 2. The first-order chi connectivity index (χ1) is 46.6. The van der Waals surface area contributed by atoms with Gasteiger partial charge in [0.05, 0.1) is 22.1 Å². The highest BCUT2D eigenvalue weighted by Crippen LogP contribution is 2.51. The number of nitrogens with zero attached hydrogens (tertiary/aromatic N) is 2. The standard InChI is InChI=1S/C90H56N2S2/c1-7-24-57(25-8-1)65-48-73(61-32-15-5-16-33-61)87-79(52-65)81-54-67(59-28-11-3-12-29-59)50-75(89(81)93-87)63-42-44-85-77(46-63)71-38-19-21-40-83(71)91(85)69-36-23-37-70(56-69)92-84-41-22-20-39-72(84)78-47-64(43-45-86(78)92)76-51-68(60-30-13-4-14-31-60)55-82-80-53-66(58-26-9-2-10-27-58)49-74(88(80)94-90(76)82)62-34-17-6-18-35-62/h1-56H. The molecule has 2 nitrogen and oxygen atoms in total. The number of para-hydroxylation sites is 2. The Morgan fingerprint density at radius 3 is 0.755 bits per heavy atom. The molecule has 4 aromatic heterocycles. The Balaban J connectivity index is 0.768. The number of fused-ring (bicyclic) bond motifs is 12. The molecule has 0 amide bonds. The van der Waals surface area contributed by atoms with Crippen molar-refractivity contribution >= 4 is 107 Å². The van der Waals surface area contributed by atoms with E-state index in [2.05, 4.69) is 349 Å². The normalized spacial score (nSPS) is 11.8. The lowest BCUT2D eigenvalue weighted by molar-refractivity contribution is 1.13. The number of aromatic nitrogens is 2. The van der Waals surface area contributed by atoms with E-state index in [1.54, 1.807) is 0 Å². The van der Waals surface area contributed by atoms with Crippen molar-refractivity contribution < 1.29 is 0 Å². The highest BCUT2D eigenvalue weighted by Gasteiger charge is 2.24. The predicted molar refractivity (Wildman–Crippen MR) is 404 cm³/mol. The molecule has 0 saturated carbocycles. The van der Waals surface area contributed by atoms with E-state index in [4.69, 9.17) is 0 Å². The molecule has 4 heteroatoms. The number of hydrogen-bond acceptors (Lipinski definition) is 2. The van der Waals surface area contributed by atoms with E-state index in [1.165, 1.54) is 162 Å². The summed E-state index contributed by atoms with van der Waals surface area (Å²) in [6.45, 7) is 0. The van der Waals surface area contributed by atoms with Crippen molar-refractivity contribution in [3.8, 4) is 100 Å². The zero-order valence-corrected chi connectivity index (χ0v) is 52.7. The van der Waals surface area contributed by atoms with Crippen molar-refractivity contribution in [3.63, 3.8) is 0 Å². The quantitative estimate of drug-likeness (QED) is 0.129. The van der Waals surface area contributed by atoms with Gasteiger partial charge in [0.2, 0.25) is 0 Å². The van der Waals surface area contributed by atoms with E-state index >= 15 is 0 Å². The largest absolute Gasteiger partial charge is 0.309 e. The van der Waals surface area contributed by atoms with Crippen LogP contribution in [0.5, 0.6) is 0 Å². The molecule has 4 heterocycles. The van der Waals surface area contributed by atoms with Gasteiger partial charge in [-0.05, 0) is 170 Å². The van der Waals surface area contributed by atoms with E-state index < -0.39 is 0 Å². The van der Waals surface area contributed by atoms with Crippen LogP contribution < -0.4 is 0 Å². The summed E-state index contributed by atoms with van der Waals surface area (Å²) in [6, 6.07) is 126. The maximum atomic E-state index is 2.47. The van der Waals surface area contributed by atoms with Gasteiger partial charge in [0.25, 0.3) is 0 Å². The van der Waals surface area contributed by atoms with E-state index in [-0.39, 0.29) is 0 Å². The third-order valence-corrected chi connectivity index (χ3v) is 21.8. The Hall–Kier alpha value is -11.7. The fraction of sp³-hybridized carbons (Fsp3) is 0. The molecular formula is C90H56N2S2. The molecule has 19 aromatic rings. The molecule has 0 fully saturated rings. The van der Waals surface area contributed by atoms with Gasteiger partial charge in [-0.3, -0.25) is 0 Å². The monoisotopic (exact) mass is 1230 g/mol. The number of rotatable bonds is 10. The molecule has 0 saturated heterocycles. The molecule has 94 heavy (non-hydrogen) atoms. The van der Waals surface area contributed by atoms with Crippen LogP contribution in [0.3, 0.4) is 0 Å². The maximum Gasteiger partial charge on any atom is 0.0541 e. The molecule has 0 atom stereocenters. The van der Waals surface area contributed by atoms with Crippen molar-refractivity contribution in [2.24, 2.45) is 0 Å². The lowest BCUT2D eigenvalue weighted by Crippen LogP contribution is -1.98. The number of benzene rings is 15. The summed E-state index contributed by atoms with van der Waals surface area (Å²) in [5, 5.41) is 9.97. The van der Waals surface area contributed by atoms with Gasteiger partial charge in [-0.25, -0.2) is 0 Å². The minimum absolute atomic E-state index is 1.11.